The molecule has 90 valence electrons. The van der Waals surface area contributed by atoms with Gasteiger partial charge in [0.05, 0.1) is 7.11 Å². The molecule has 1 nitrogen and oxygen atoms in total. The molecule has 0 amide bonds. The van der Waals surface area contributed by atoms with Crippen LogP contribution in [-0.4, -0.2) is 12.5 Å². The first-order valence-electron chi connectivity index (χ1n) is 5.89. The molecule has 0 bridgehead atoms. The van der Waals surface area contributed by atoms with Crippen LogP contribution in [0.1, 0.15) is 32.3 Å². The van der Waals surface area contributed by atoms with Crippen LogP contribution in [0.2, 0.25) is 0 Å². The molecule has 1 unspecified atom stereocenters. The lowest BCUT2D eigenvalue weighted by atomic mass is 10.0. The van der Waals surface area contributed by atoms with E-state index in [0.717, 1.165) is 25.0 Å². The number of ether oxygens (including phenoxy) is 1. The first-order valence-corrected chi connectivity index (χ1v) is 6.33. The van der Waals surface area contributed by atoms with Gasteiger partial charge in [-0.05, 0) is 36.8 Å². The number of halogens is 1. The highest BCUT2D eigenvalue weighted by molar-refractivity contribution is 6.20. The number of para-hydroxylation sites is 1. The van der Waals surface area contributed by atoms with Crippen molar-refractivity contribution in [2.24, 2.45) is 5.92 Å². The monoisotopic (exact) mass is 240 g/mol. The molecule has 0 heterocycles. The summed E-state index contributed by atoms with van der Waals surface area (Å²) in [7, 11) is 1.71. The van der Waals surface area contributed by atoms with E-state index in [1.807, 2.05) is 18.2 Å². The maximum atomic E-state index is 6.28. The third-order valence-electron chi connectivity index (χ3n) is 2.65. The van der Waals surface area contributed by atoms with Crippen molar-refractivity contribution in [1.82, 2.24) is 0 Å². The van der Waals surface area contributed by atoms with Gasteiger partial charge in [-0.2, -0.15) is 0 Å². The molecule has 0 radical (unpaired) electrons. The fraction of sp³-hybridized carbons (Fsp3) is 0.571. The molecule has 0 fully saturated rings. The van der Waals surface area contributed by atoms with E-state index >= 15 is 0 Å². The van der Waals surface area contributed by atoms with Crippen molar-refractivity contribution in [3.63, 3.8) is 0 Å². The molecule has 0 aliphatic rings. The smallest absolute Gasteiger partial charge is 0.122 e. The van der Waals surface area contributed by atoms with E-state index in [1.54, 1.807) is 7.11 Å². The van der Waals surface area contributed by atoms with Gasteiger partial charge in [-0.3, -0.25) is 0 Å². The van der Waals surface area contributed by atoms with Gasteiger partial charge in [-0.1, -0.05) is 32.0 Å². The number of alkyl halides is 1. The molecule has 0 aliphatic carbocycles. The Morgan fingerprint density at radius 3 is 2.56 bits per heavy atom. The van der Waals surface area contributed by atoms with E-state index in [2.05, 4.69) is 19.9 Å². The average Bonchev–Trinajstić information content (AvgIpc) is 2.26. The van der Waals surface area contributed by atoms with Crippen LogP contribution in [0.4, 0.5) is 0 Å². The van der Waals surface area contributed by atoms with Crippen molar-refractivity contribution in [3.05, 3.63) is 29.8 Å². The molecule has 1 rings (SSSR count). The van der Waals surface area contributed by atoms with Gasteiger partial charge < -0.3 is 4.74 Å². The van der Waals surface area contributed by atoms with Crippen LogP contribution in [0, 0.1) is 5.92 Å². The van der Waals surface area contributed by atoms with Crippen molar-refractivity contribution < 1.29 is 4.74 Å². The molecule has 1 atom stereocenters. The second kappa shape index (κ2) is 6.80. The molecule has 0 saturated heterocycles. The zero-order valence-corrected chi connectivity index (χ0v) is 11.1. The van der Waals surface area contributed by atoms with Crippen LogP contribution >= 0.6 is 11.6 Å². The molecule has 0 N–H and O–H groups in total. The average molecular weight is 241 g/mol. The molecular formula is C14H21ClO. The Kier molecular flexibility index (Phi) is 5.68. The van der Waals surface area contributed by atoms with Gasteiger partial charge in [0.25, 0.3) is 0 Å². The first kappa shape index (κ1) is 13.4. The maximum Gasteiger partial charge on any atom is 0.122 e. The topological polar surface area (TPSA) is 9.23 Å². The number of aryl methyl sites for hydroxylation is 1. The van der Waals surface area contributed by atoms with E-state index in [9.17, 15) is 0 Å². The lowest BCUT2D eigenvalue weighted by Crippen LogP contribution is -2.05. The highest BCUT2D eigenvalue weighted by Crippen LogP contribution is 2.22. The van der Waals surface area contributed by atoms with E-state index in [1.165, 1.54) is 5.56 Å². The SMILES string of the molecule is COc1ccccc1CCC(Cl)CC(C)C. The molecule has 0 spiro atoms. The molecular weight excluding hydrogens is 220 g/mol. The Balaban J connectivity index is 2.47. The Morgan fingerprint density at radius 1 is 1.25 bits per heavy atom. The largest absolute Gasteiger partial charge is 0.496 e. The van der Waals surface area contributed by atoms with E-state index < -0.39 is 0 Å². The van der Waals surface area contributed by atoms with Gasteiger partial charge >= 0.3 is 0 Å². The summed E-state index contributed by atoms with van der Waals surface area (Å²) in [5.74, 6) is 1.64. The van der Waals surface area contributed by atoms with Crippen molar-refractivity contribution in [3.8, 4) is 5.75 Å². The summed E-state index contributed by atoms with van der Waals surface area (Å²) in [4.78, 5) is 0. The number of benzene rings is 1. The maximum absolute atomic E-state index is 6.28. The summed E-state index contributed by atoms with van der Waals surface area (Å²) in [6.07, 6.45) is 3.09. The summed E-state index contributed by atoms with van der Waals surface area (Å²) in [5.41, 5.74) is 1.25. The lowest BCUT2D eigenvalue weighted by molar-refractivity contribution is 0.408. The molecule has 2 heteroatoms. The zero-order chi connectivity index (χ0) is 12.0. The standard InChI is InChI=1S/C14H21ClO/c1-11(2)10-13(15)9-8-12-6-4-5-7-14(12)16-3/h4-7,11,13H,8-10H2,1-3H3. The van der Waals surface area contributed by atoms with Gasteiger partial charge in [-0.25, -0.2) is 0 Å². The van der Waals surface area contributed by atoms with Crippen molar-refractivity contribution in [2.75, 3.05) is 7.11 Å². The number of hydrogen-bond donors (Lipinski definition) is 0. The fourth-order valence-electron chi connectivity index (χ4n) is 1.85. The molecule has 1 aromatic rings. The van der Waals surface area contributed by atoms with Crippen LogP contribution in [0.5, 0.6) is 5.75 Å². The summed E-state index contributed by atoms with van der Waals surface area (Å²) < 4.78 is 5.32. The second-order valence-corrected chi connectivity index (χ2v) is 5.19. The van der Waals surface area contributed by atoms with Gasteiger partial charge in [0.15, 0.2) is 0 Å². The molecule has 0 aromatic heterocycles. The minimum absolute atomic E-state index is 0.268. The normalized spacial score (nSPS) is 12.8. The summed E-state index contributed by atoms with van der Waals surface area (Å²) in [5, 5.41) is 0.268. The van der Waals surface area contributed by atoms with Crippen molar-refractivity contribution in [1.29, 1.82) is 0 Å². The van der Waals surface area contributed by atoms with Gasteiger partial charge in [-0.15, -0.1) is 11.6 Å². The van der Waals surface area contributed by atoms with Gasteiger partial charge in [0.2, 0.25) is 0 Å². The molecule has 0 saturated carbocycles. The fourth-order valence-corrected chi connectivity index (χ4v) is 2.32. The van der Waals surface area contributed by atoms with Crippen LogP contribution in [0.25, 0.3) is 0 Å². The van der Waals surface area contributed by atoms with E-state index in [0.29, 0.717) is 5.92 Å². The van der Waals surface area contributed by atoms with Crippen molar-refractivity contribution >= 4 is 11.6 Å². The third-order valence-corrected chi connectivity index (χ3v) is 3.04. The quantitative estimate of drug-likeness (QED) is 0.675. The Bertz CT molecular complexity index is 309. The Hall–Kier alpha value is -0.690. The van der Waals surface area contributed by atoms with Crippen LogP contribution in [-0.2, 0) is 6.42 Å². The minimum atomic E-state index is 0.268. The molecule has 1 aromatic carbocycles. The van der Waals surface area contributed by atoms with Crippen LogP contribution < -0.4 is 4.74 Å². The number of methoxy groups -OCH3 is 1. The number of hydrogen-bond acceptors (Lipinski definition) is 1. The summed E-state index contributed by atoms with van der Waals surface area (Å²) >= 11 is 6.28. The third kappa shape index (κ3) is 4.44. The van der Waals surface area contributed by atoms with Crippen LogP contribution in [0.15, 0.2) is 24.3 Å². The Labute approximate surface area is 104 Å². The Morgan fingerprint density at radius 2 is 1.94 bits per heavy atom. The predicted octanol–water partition coefficient (Wildman–Crippen LogP) is 4.28. The molecule has 16 heavy (non-hydrogen) atoms. The highest BCUT2D eigenvalue weighted by atomic mass is 35.5. The van der Waals surface area contributed by atoms with E-state index in [4.69, 9.17) is 16.3 Å². The number of rotatable bonds is 6. The summed E-state index contributed by atoms with van der Waals surface area (Å²) in [6, 6.07) is 8.15. The second-order valence-electron chi connectivity index (χ2n) is 4.58. The highest BCUT2D eigenvalue weighted by Gasteiger charge is 2.09. The predicted molar refractivity (Wildman–Crippen MR) is 70.4 cm³/mol. The van der Waals surface area contributed by atoms with Gasteiger partial charge in [0, 0.05) is 5.38 Å². The van der Waals surface area contributed by atoms with E-state index in [-0.39, 0.29) is 5.38 Å². The lowest BCUT2D eigenvalue weighted by Gasteiger charge is -2.13. The first-order chi connectivity index (χ1) is 7.63. The minimum Gasteiger partial charge on any atom is -0.496 e. The van der Waals surface area contributed by atoms with Crippen LogP contribution in [0.3, 0.4) is 0 Å². The van der Waals surface area contributed by atoms with Crippen molar-refractivity contribution in [2.45, 2.75) is 38.5 Å². The molecule has 0 aliphatic heterocycles. The van der Waals surface area contributed by atoms with Gasteiger partial charge in [0.1, 0.15) is 5.75 Å². The zero-order valence-electron chi connectivity index (χ0n) is 10.4. The summed E-state index contributed by atoms with van der Waals surface area (Å²) in [6.45, 7) is 4.41.